The summed E-state index contributed by atoms with van der Waals surface area (Å²) in [6.45, 7) is 3.14. The zero-order chi connectivity index (χ0) is 19.1. The lowest BCUT2D eigenvalue weighted by molar-refractivity contribution is 0.627. The molecule has 5 rings (SSSR count). The summed E-state index contributed by atoms with van der Waals surface area (Å²) in [5.41, 5.74) is 3.89. The number of hydrogen-bond acceptors (Lipinski definition) is 5. The highest BCUT2D eigenvalue weighted by Crippen LogP contribution is 2.37. The van der Waals surface area contributed by atoms with Gasteiger partial charge in [0.1, 0.15) is 17.5 Å². The zero-order valence-electron chi connectivity index (χ0n) is 15.6. The molecule has 2 aromatic heterocycles. The third-order valence-corrected chi connectivity index (χ3v) is 5.12. The van der Waals surface area contributed by atoms with Crippen molar-refractivity contribution in [1.82, 2.24) is 15.0 Å². The molecule has 0 bridgehead atoms. The minimum atomic E-state index is -0.267. The van der Waals surface area contributed by atoms with Gasteiger partial charge in [0.2, 0.25) is 5.95 Å². The first-order valence-corrected chi connectivity index (χ1v) is 9.51. The molecule has 1 aliphatic carbocycles. The first-order chi connectivity index (χ1) is 13.6. The highest BCUT2D eigenvalue weighted by Gasteiger charge is 2.27. The summed E-state index contributed by atoms with van der Waals surface area (Å²) in [6, 6.07) is 6.87. The fourth-order valence-electron chi connectivity index (χ4n) is 3.59. The van der Waals surface area contributed by atoms with Crippen LogP contribution in [0.25, 0.3) is 10.9 Å². The quantitative estimate of drug-likeness (QED) is 0.624. The molecule has 3 aromatic rings. The Morgan fingerprint density at radius 2 is 2.11 bits per heavy atom. The summed E-state index contributed by atoms with van der Waals surface area (Å²) in [6.07, 6.45) is 6.51. The van der Waals surface area contributed by atoms with Gasteiger partial charge >= 0.3 is 0 Å². The second-order valence-electron chi connectivity index (χ2n) is 7.40. The molecule has 28 heavy (non-hydrogen) atoms. The number of aryl methyl sites for hydroxylation is 1. The molecule has 1 aromatic carbocycles. The second kappa shape index (κ2) is 6.74. The molecule has 0 amide bonds. The van der Waals surface area contributed by atoms with Crippen LogP contribution >= 0.6 is 0 Å². The second-order valence-corrected chi connectivity index (χ2v) is 7.40. The molecule has 7 heteroatoms. The number of rotatable bonds is 5. The first kappa shape index (κ1) is 16.9. The number of H-pyrrole nitrogens is 1. The van der Waals surface area contributed by atoms with E-state index in [1.165, 1.54) is 30.5 Å². The third kappa shape index (κ3) is 3.47. The van der Waals surface area contributed by atoms with E-state index in [0.717, 1.165) is 40.5 Å². The van der Waals surface area contributed by atoms with Gasteiger partial charge in [-0.05, 0) is 61.1 Å². The Hall–Kier alpha value is -3.22. The number of aliphatic imine (C=N–C) groups is 1. The van der Waals surface area contributed by atoms with Crippen LogP contribution in [-0.4, -0.2) is 27.3 Å². The predicted octanol–water partition coefficient (Wildman–Crippen LogP) is 4.18. The van der Waals surface area contributed by atoms with Gasteiger partial charge in [0.25, 0.3) is 0 Å². The highest BCUT2D eigenvalue weighted by atomic mass is 19.1. The number of amidine groups is 1. The van der Waals surface area contributed by atoms with Crippen molar-refractivity contribution in [3.63, 3.8) is 0 Å². The van der Waals surface area contributed by atoms with Gasteiger partial charge in [-0.15, -0.1) is 0 Å². The Balaban J connectivity index is 1.32. The maximum Gasteiger partial charge on any atom is 0.225 e. The van der Waals surface area contributed by atoms with Gasteiger partial charge in [-0.2, -0.15) is 4.98 Å². The molecular weight excluding hydrogens is 355 g/mol. The Morgan fingerprint density at radius 3 is 2.96 bits per heavy atom. The van der Waals surface area contributed by atoms with Crippen molar-refractivity contribution in [2.24, 2.45) is 10.9 Å². The molecule has 0 atom stereocenters. The zero-order valence-corrected chi connectivity index (χ0v) is 15.6. The van der Waals surface area contributed by atoms with Crippen LogP contribution in [0.15, 0.2) is 47.1 Å². The predicted molar refractivity (Wildman–Crippen MR) is 109 cm³/mol. The van der Waals surface area contributed by atoms with E-state index in [0.29, 0.717) is 18.3 Å². The topological polar surface area (TPSA) is 78.0 Å². The molecule has 0 spiro atoms. The average molecular weight is 376 g/mol. The van der Waals surface area contributed by atoms with Crippen molar-refractivity contribution >= 4 is 28.5 Å². The Kier molecular flexibility index (Phi) is 4.07. The molecule has 1 fully saturated rings. The lowest BCUT2D eigenvalue weighted by atomic mass is 10.1. The monoisotopic (exact) mass is 376 g/mol. The average Bonchev–Trinajstić information content (AvgIpc) is 3.22. The number of anilines is 2. The van der Waals surface area contributed by atoms with Gasteiger partial charge < -0.3 is 15.6 Å². The number of nitrogens with zero attached hydrogens (tertiary/aromatic N) is 3. The summed E-state index contributed by atoms with van der Waals surface area (Å²) >= 11 is 0. The van der Waals surface area contributed by atoms with Crippen LogP contribution in [0.5, 0.6) is 0 Å². The van der Waals surface area contributed by atoms with E-state index in [2.05, 4.69) is 36.7 Å². The smallest absolute Gasteiger partial charge is 0.225 e. The SMILES string of the molecule is Cc1cc(NC2=NCC(C3CC3)=C2)nc(NCc2cc(F)cc3[nH]ccc23)n1. The third-order valence-electron chi connectivity index (χ3n) is 5.12. The molecule has 6 nitrogen and oxygen atoms in total. The van der Waals surface area contributed by atoms with Crippen molar-refractivity contribution < 1.29 is 4.39 Å². The van der Waals surface area contributed by atoms with Crippen LogP contribution < -0.4 is 10.6 Å². The Labute approximate surface area is 162 Å². The van der Waals surface area contributed by atoms with E-state index in [1.54, 1.807) is 0 Å². The number of hydrogen-bond donors (Lipinski definition) is 3. The van der Waals surface area contributed by atoms with Gasteiger partial charge in [0.15, 0.2) is 0 Å². The van der Waals surface area contributed by atoms with Crippen molar-refractivity contribution in [3.05, 3.63) is 59.2 Å². The number of nitrogens with one attached hydrogen (secondary N) is 3. The summed E-state index contributed by atoms with van der Waals surface area (Å²) in [7, 11) is 0. The molecular formula is C21H21FN6. The minimum absolute atomic E-state index is 0.267. The maximum absolute atomic E-state index is 13.8. The van der Waals surface area contributed by atoms with E-state index in [4.69, 9.17) is 0 Å². The van der Waals surface area contributed by atoms with Gasteiger partial charge in [-0.25, -0.2) is 9.37 Å². The first-order valence-electron chi connectivity index (χ1n) is 9.51. The number of aromatic amines is 1. The van der Waals surface area contributed by atoms with E-state index in [1.807, 2.05) is 25.3 Å². The number of benzene rings is 1. The maximum atomic E-state index is 13.8. The van der Waals surface area contributed by atoms with Gasteiger partial charge in [-0.1, -0.05) is 0 Å². The fourth-order valence-corrected chi connectivity index (χ4v) is 3.59. The van der Waals surface area contributed by atoms with Gasteiger partial charge in [-0.3, -0.25) is 4.99 Å². The van der Waals surface area contributed by atoms with E-state index in [9.17, 15) is 4.39 Å². The normalized spacial score (nSPS) is 16.2. The molecule has 142 valence electrons. The standard InChI is InChI=1S/C21H21FN6/c1-12-6-20(27-19-8-14(10-24-19)13-2-3-13)28-21(26-12)25-11-15-7-16(22)9-18-17(15)4-5-23-18/h4-9,13,23H,2-3,10-11H2,1H3,(H2,24,25,26,27,28). The van der Waals surface area contributed by atoms with E-state index in [-0.39, 0.29) is 5.82 Å². The van der Waals surface area contributed by atoms with Crippen LogP contribution in [-0.2, 0) is 6.54 Å². The van der Waals surface area contributed by atoms with Crippen molar-refractivity contribution in [2.75, 3.05) is 17.2 Å². The lowest BCUT2D eigenvalue weighted by Crippen LogP contribution is -2.12. The van der Waals surface area contributed by atoms with Crippen molar-refractivity contribution in [3.8, 4) is 0 Å². The van der Waals surface area contributed by atoms with Crippen molar-refractivity contribution in [1.29, 1.82) is 0 Å². The Morgan fingerprint density at radius 1 is 1.21 bits per heavy atom. The summed E-state index contributed by atoms with van der Waals surface area (Å²) in [5, 5.41) is 7.48. The summed E-state index contributed by atoms with van der Waals surface area (Å²) in [5.74, 6) is 2.51. The Bertz CT molecular complexity index is 1110. The number of aromatic nitrogens is 3. The van der Waals surface area contributed by atoms with Crippen LogP contribution in [0.4, 0.5) is 16.2 Å². The largest absolute Gasteiger partial charge is 0.361 e. The molecule has 1 aliphatic heterocycles. The molecule has 1 saturated carbocycles. The van der Waals surface area contributed by atoms with E-state index < -0.39 is 0 Å². The van der Waals surface area contributed by atoms with Crippen molar-refractivity contribution in [2.45, 2.75) is 26.3 Å². The molecule has 0 radical (unpaired) electrons. The molecule has 3 heterocycles. The molecule has 0 saturated heterocycles. The minimum Gasteiger partial charge on any atom is -0.361 e. The van der Waals surface area contributed by atoms with Gasteiger partial charge in [0, 0.05) is 35.4 Å². The van der Waals surface area contributed by atoms with Crippen LogP contribution in [0, 0.1) is 18.7 Å². The molecule has 2 aliphatic rings. The van der Waals surface area contributed by atoms with Crippen LogP contribution in [0.1, 0.15) is 24.1 Å². The lowest BCUT2D eigenvalue weighted by Gasteiger charge is -2.10. The fraction of sp³-hybridized carbons (Fsp3) is 0.286. The highest BCUT2D eigenvalue weighted by molar-refractivity contribution is 6.05. The molecule has 0 unspecified atom stereocenters. The van der Waals surface area contributed by atoms with Crippen LogP contribution in [0.3, 0.4) is 0 Å². The van der Waals surface area contributed by atoms with Crippen LogP contribution in [0.2, 0.25) is 0 Å². The number of fused-ring (bicyclic) bond motifs is 1. The summed E-state index contributed by atoms with van der Waals surface area (Å²) < 4.78 is 13.8. The number of halogens is 1. The summed E-state index contributed by atoms with van der Waals surface area (Å²) in [4.78, 5) is 16.6. The molecule has 3 N–H and O–H groups in total. The van der Waals surface area contributed by atoms with E-state index >= 15 is 0 Å². The van der Waals surface area contributed by atoms with Gasteiger partial charge in [0.05, 0.1) is 6.54 Å².